The number of H-pyrrole nitrogens is 1. The van der Waals surface area contributed by atoms with Crippen molar-refractivity contribution in [1.29, 1.82) is 0 Å². The highest BCUT2D eigenvalue weighted by Gasteiger charge is 2.15. The zero-order valence-electron chi connectivity index (χ0n) is 8.21. The van der Waals surface area contributed by atoms with Crippen LogP contribution < -0.4 is 4.74 Å². The highest BCUT2D eigenvalue weighted by Crippen LogP contribution is 2.22. The lowest BCUT2D eigenvalue weighted by molar-refractivity contribution is 0.110. The number of aromatic nitrogens is 1. The van der Waals surface area contributed by atoms with Gasteiger partial charge in [-0.2, -0.15) is 0 Å². The van der Waals surface area contributed by atoms with Crippen molar-refractivity contribution in [3.05, 3.63) is 16.8 Å². The SMILES string of the molecule is COC(=O)Oc1[nH]c(C)c(C)c1C=O. The average Bonchev–Trinajstić information content (AvgIpc) is 2.42. The van der Waals surface area contributed by atoms with Crippen molar-refractivity contribution < 1.29 is 19.1 Å². The Morgan fingerprint density at radius 1 is 1.43 bits per heavy atom. The van der Waals surface area contributed by atoms with Crippen molar-refractivity contribution in [2.45, 2.75) is 13.8 Å². The fraction of sp³-hybridized carbons (Fsp3) is 0.333. The van der Waals surface area contributed by atoms with Crippen molar-refractivity contribution >= 4 is 12.4 Å². The van der Waals surface area contributed by atoms with Gasteiger partial charge in [0.1, 0.15) is 0 Å². The van der Waals surface area contributed by atoms with Crippen LogP contribution in [-0.2, 0) is 4.74 Å². The third-order valence-corrected chi connectivity index (χ3v) is 1.98. The van der Waals surface area contributed by atoms with E-state index >= 15 is 0 Å². The molecule has 1 aromatic rings. The van der Waals surface area contributed by atoms with E-state index in [-0.39, 0.29) is 5.88 Å². The average molecular weight is 197 g/mol. The number of hydrogen-bond donors (Lipinski definition) is 1. The second-order valence-corrected chi connectivity index (χ2v) is 2.79. The molecule has 1 heterocycles. The maximum atomic E-state index is 10.8. The van der Waals surface area contributed by atoms with E-state index in [0.29, 0.717) is 11.8 Å². The monoisotopic (exact) mass is 197 g/mol. The van der Waals surface area contributed by atoms with Crippen LogP contribution >= 0.6 is 0 Å². The summed E-state index contributed by atoms with van der Waals surface area (Å²) in [5, 5.41) is 0. The molecule has 5 nitrogen and oxygen atoms in total. The molecule has 0 bridgehead atoms. The molecule has 1 N–H and O–H groups in total. The molecule has 0 unspecified atom stereocenters. The summed E-state index contributed by atoms with van der Waals surface area (Å²) >= 11 is 0. The van der Waals surface area contributed by atoms with Gasteiger partial charge >= 0.3 is 6.16 Å². The Morgan fingerprint density at radius 3 is 2.57 bits per heavy atom. The number of methoxy groups -OCH3 is 1. The summed E-state index contributed by atoms with van der Waals surface area (Å²) in [5.41, 5.74) is 1.89. The molecule has 0 spiro atoms. The van der Waals surface area contributed by atoms with E-state index in [1.807, 2.05) is 0 Å². The smallest absolute Gasteiger partial charge is 0.437 e. The molecule has 0 aliphatic rings. The Morgan fingerprint density at radius 2 is 2.07 bits per heavy atom. The van der Waals surface area contributed by atoms with Gasteiger partial charge in [0, 0.05) is 5.69 Å². The summed E-state index contributed by atoms with van der Waals surface area (Å²) in [6, 6.07) is 0. The number of aldehydes is 1. The molecule has 1 rings (SSSR count). The van der Waals surface area contributed by atoms with Crippen LogP contribution in [0.15, 0.2) is 0 Å². The molecule has 0 radical (unpaired) electrons. The number of nitrogens with one attached hydrogen (secondary N) is 1. The summed E-state index contributed by atoms with van der Waals surface area (Å²) in [5.74, 6) is 0.127. The third kappa shape index (κ3) is 1.76. The molecule has 76 valence electrons. The normalized spacial score (nSPS) is 9.64. The van der Waals surface area contributed by atoms with Crippen molar-refractivity contribution in [3.63, 3.8) is 0 Å². The van der Waals surface area contributed by atoms with Gasteiger partial charge in [-0.25, -0.2) is 4.79 Å². The molecule has 0 aliphatic heterocycles. The molecule has 0 atom stereocenters. The second kappa shape index (κ2) is 3.95. The Bertz CT molecular complexity index is 367. The lowest BCUT2D eigenvalue weighted by Crippen LogP contribution is -2.08. The van der Waals surface area contributed by atoms with Crippen LogP contribution in [0.5, 0.6) is 5.88 Å². The summed E-state index contributed by atoms with van der Waals surface area (Å²) in [4.78, 5) is 24.2. The number of ether oxygens (including phenoxy) is 2. The maximum absolute atomic E-state index is 10.8. The van der Waals surface area contributed by atoms with E-state index < -0.39 is 6.16 Å². The highest BCUT2D eigenvalue weighted by molar-refractivity contribution is 5.83. The second-order valence-electron chi connectivity index (χ2n) is 2.79. The first-order valence-corrected chi connectivity index (χ1v) is 4.00. The van der Waals surface area contributed by atoms with Gasteiger partial charge in [-0.05, 0) is 19.4 Å². The molecular weight excluding hydrogens is 186 g/mol. The number of carbonyl (C=O) groups is 2. The number of carbonyl (C=O) groups excluding carboxylic acids is 2. The fourth-order valence-electron chi connectivity index (χ4n) is 1.05. The van der Waals surface area contributed by atoms with E-state index in [1.165, 1.54) is 7.11 Å². The van der Waals surface area contributed by atoms with Crippen LogP contribution in [-0.4, -0.2) is 24.5 Å². The Balaban J connectivity index is 3.02. The Kier molecular flexibility index (Phi) is 2.91. The van der Waals surface area contributed by atoms with Gasteiger partial charge in [-0.15, -0.1) is 0 Å². The number of hydrogen-bond acceptors (Lipinski definition) is 4. The Labute approximate surface area is 81.0 Å². The largest absolute Gasteiger partial charge is 0.514 e. The molecule has 0 fully saturated rings. The fourth-order valence-corrected chi connectivity index (χ4v) is 1.05. The summed E-state index contributed by atoms with van der Waals surface area (Å²) in [6.07, 6.45) is -0.216. The first-order valence-electron chi connectivity index (χ1n) is 4.00. The van der Waals surface area contributed by atoms with Gasteiger partial charge in [0.2, 0.25) is 5.88 Å². The lowest BCUT2D eigenvalue weighted by atomic mass is 10.2. The third-order valence-electron chi connectivity index (χ3n) is 1.98. The molecule has 1 aromatic heterocycles. The first-order chi connectivity index (χ1) is 6.60. The molecule has 0 saturated heterocycles. The lowest BCUT2D eigenvalue weighted by Gasteiger charge is -1.99. The van der Waals surface area contributed by atoms with Crippen LogP contribution in [0, 0.1) is 13.8 Å². The van der Waals surface area contributed by atoms with E-state index in [0.717, 1.165) is 11.3 Å². The van der Waals surface area contributed by atoms with E-state index in [2.05, 4.69) is 9.72 Å². The molecular formula is C9H11NO4. The van der Waals surface area contributed by atoms with E-state index in [1.54, 1.807) is 13.8 Å². The van der Waals surface area contributed by atoms with Crippen LogP contribution in [0.25, 0.3) is 0 Å². The van der Waals surface area contributed by atoms with Gasteiger partial charge in [-0.1, -0.05) is 0 Å². The maximum Gasteiger partial charge on any atom is 0.514 e. The molecule has 0 amide bonds. The van der Waals surface area contributed by atoms with Gasteiger partial charge < -0.3 is 14.5 Å². The van der Waals surface area contributed by atoms with Gasteiger partial charge in [0.05, 0.1) is 12.7 Å². The van der Waals surface area contributed by atoms with Crippen molar-refractivity contribution in [2.75, 3.05) is 7.11 Å². The minimum atomic E-state index is -0.852. The number of aromatic amines is 1. The topological polar surface area (TPSA) is 68.4 Å². The number of rotatable bonds is 2. The zero-order chi connectivity index (χ0) is 10.7. The first kappa shape index (κ1) is 10.3. The predicted octanol–water partition coefficient (Wildman–Crippen LogP) is 1.59. The molecule has 0 aromatic carbocycles. The minimum Gasteiger partial charge on any atom is -0.437 e. The molecule has 0 saturated carbocycles. The van der Waals surface area contributed by atoms with E-state index in [4.69, 9.17) is 4.74 Å². The van der Waals surface area contributed by atoms with Crippen molar-refractivity contribution in [3.8, 4) is 5.88 Å². The van der Waals surface area contributed by atoms with Crippen LogP contribution in [0.2, 0.25) is 0 Å². The zero-order valence-corrected chi connectivity index (χ0v) is 8.21. The predicted molar refractivity (Wildman–Crippen MR) is 48.7 cm³/mol. The quantitative estimate of drug-likeness (QED) is 0.577. The highest BCUT2D eigenvalue weighted by atomic mass is 16.7. The minimum absolute atomic E-state index is 0.127. The Hall–Kier alpha value is -1.78. The van der Waals surface area contributed by atoms with Gasteiger partial charge in [0.25, 0.3) is 0 Å². The summed E-state index contributed by atoms with van der Waals surface area (Å²) < 4.78 is 9.04. The van der Waals surface area contributed by atoms with E-state index in [9.17, 15) is 9.59 Å². The van der Waals surface area contributed by atoms with Crippen molar-refractivity contribution in [1.82, 2.24) is 4.98 Å². The molecule has 0 aliphatic carbocycles. The molecule has 5 heteroatoms. The summed E-state index contributed by atoms with van der Waals surface area (Å²) in [7, 11) is 1.20. The molecule has 14 heavy (non-hydrogen) atoms. The van der Waals surface area contributed by atoms with Gasteiger partial charge in [0.15, 0.2) is 6.29 Å². The van der Waals surface area contributed by atoms with Crippen LogP contribution in [0.1, 0.15) is 21.6 Å². The summed E-state index contributed by atoms with van der Waals surface area (Å²) in [6.45, 7) is 3.55. The van der Waals surface area contributed by atoms with Crippen LogP contribution in [0.3, 0.4) is 0 Å². The van der Waals surface area contributed by atoms with Crippen LogP contribution in [0.4, 0.5) is 4.79 Å². The van der Waals surface area contributed by atoms with Gasteiger partial charge in [-0.3, -0.25) is 4.79 Å². The standard InChI is InChI=1S/C9H11NO4/c1-5-6(2)10-8(7(5)4-11)14-9(12)13-3/h4,10H,1-3H3. The number of aryl methyl sites for hydroxylation is 1. The van der Waals surface area contributed by atoms with Crippen molar-refractivity contribution in [2.24, 2.45) is 0 Å².